The first-order chi connectivity index (χ1) is 8.60. The van der Waals surface area contributed by atoms with Crippen molar-refractivity contribution in [2.24, 2.45) is 11.1 Å². The maximum absolute atomic E-state index is 11.1. The number of hydrogen-bond donors (Lipinski definition) is 1. The summed E-state index contributed by atoms with van der Waals surface area (Å²) in [4.78, 5) is 13.2. The lowest BCUT2D eigenvalue weighted by atomic mass is 9.54. The van der Waals surface area contributed by atoms with Crippen LogP contribution in [0.15, 0.2) is 0 Å². The van der Waals surface area contributed by atoms with E-state index in [-0.39, 0.29) is 5.91 Å². The molecule has 1 spiro atoms. The van der Waals surface area contributed by atoms with Gasteiger partial charge in [-0.25, -0.2) is 0 Å². The zero-order valence-corrected chi connectivity index (χ0v) is 11.7. The second-order valence-electron chi connectivity index (χ2n) is 5.87. The molecule has 0 bridgehead atoms. The lowest BCUT2D eigenvalue weighted by Gasteiger charge is -2.60. The van der Waals surface area contributed by atoms with Crippen LogP contribution in [0, 0.1) is 5.41 Å². The topological polar surface area (TPSA) is 55.6 Å². The summed E-state index contributed by atoms with van der Waals surface area (Å²) in [6, 6.07) is 0.474. The second kappa shape index (κ2) is 5.57. The Morgan fingerprint density at radius 2 is 2.06 bits per heavy atom. The number of carbonyl (C=O) groups is 1. The summed E-state index contributed by atoms with van der Waals surface area (Å²) < 4.78 is 5.91. The number of primary amides is 1. The van der Waals surface area contributed by atoms with Crippen molar-refractivity contribution in [2.45, 2.75) is 57.6 Å². The fraction of sp³-hybridized carbons (Fsp3) is 0.929. The van der Waals surface area contributed by atoms with Gasteiger partial charge in [0.25, 0.3) is 0 Å². The van der Waals surface area contributed by atoms with Crippen molar-refractivity contribution in [3.63, 3.8) is 0 Å². The van der Waals surface area contributed by atoms with Crippen LogP contribution in [0.1, 0.15) is 45.4 Å². The largest absolute Gasteiger partial charge is 0.378 e. The van der Waals surface area contributed by atoms with Crippen molar-refractivity contribution in [1.29, 1.82) is 0 Å². The van der Waals surface area contributed by atoms with Crippen LogP contribution in [0.5, 0.6) is 0 Å². The van der Waals surface area contributed by atoms with Crippen LogP contribution in [0.4, 0.5) is 0 Å². The molecule has 2 saturated carbocycles. The van der Waals surface area contributed by atoms with Gasteiger partial charge in [0.05, 0.1) is 12.6 Å². The van der Waals surface area contributed by atoms with E-state index in [1.165, 1.54) is 32.1 Å². The Hall–Kier alpha value is -0.610. The lowest BCUT2D eigenvalue weighted by molar-refractivity contribution is -0.179. The van der Waals surface area contributed by atoms with Gasteiger partial charge in [0, 0.05) is 18.1 Å². The third-order valence-electron chi connectivity index (χ3n) is 4.83. The van der Waals surface area contributed by atoms with Crippen LogP contribution in [0.3, 0.4) is 0 Å². The fourth-order valence-corrected chi connectivity index (χ4v) is 4.00. The standard InChI is InChI=1S/C14H26N2O2/c1-3-18-12-9-11(16(2)10-13(15)17)14(12)7-5-4-6-8-14/h11-12H,3-10H2,1-2H3,(H2,15,17). The number of nitrogens with zero attached hydrogens (tertiary/aromatic N) is 1. The van der Waals surface area contributed by atoms with Crippen LogP contribution in [-0.2, 0) is 9.53 Å². The minimum atomic E-state index is -0.233. The number of likely N-dealkylation sites (N-methyl/N-ethyl adjacent to an activating group) is 1. The zero-order valence-electron chi connectivity index (χ0n) is 11.7. The fourth-order valence-electron chi connectivity index (χ4n) is 4.00. The monoisotopic (exact) mass is 254 g/mol. The molecule has 4 heteroatoms. The molecule has 0 aromatic carbocycles. The number of ether oxygens (including phenoxy) is 1. The summed E-state index contributed by atoms with van der Waals surface area (Å²) in [5.41, 5.74) is 5.60. The molecule has 2 aliphatic carbocycles. The molecule has 0 heterocycles. The van der Waals surface area contributed by atoms with E-state index in [0.717, 1.165) is 13.0 Å². The van der Waals surface area contributed by atoms with Crippen molar-refractivity contribution >= 4 is 5.91 Å². The van der Waals surface area contributed by atoms with Gasteiger partial charge in [-0.05, 0) is 33.2 Å². The Morgan fingerprint density at radius 3 is 2.61 bits per heavy atom. The first-order valence-electron chi connectivity index (χ1n) is 7.20. The van der Waals surface area contributed by atoms with E-state index in [1.54, 1.807) is 0 Å². The summed E-state index contributed by atoms with van der Waals surface area (Å²) in [6.07, 6.45) is 7.86. The molecule has 0 radical (unpaired) electrons. The Bertz CT molecular complexity index is 300. The predicted molar refractivity (Wildman–Crippen MR) is 71.2 cm³/mol. The molecular formula is C14H26N2O2. The van der Waals surface area contributed by atoms with Crippen LogP contribution in [0.2, 0.25) is 0 Å². The predicted octanol–water partition coefficient (Wildman–Crippen LogP) is 1.53. The van der Waals surface area contributed by atoms with E-state index in [9.17, 15) is 4.79 Å². The first-order valence-corrected chi connectivity index (χ1v) is 7.20. The minimum absolute atomic E-state index is 0.233. The molecule has 0 aliphatic heterocycles. The average molecular weight is 254 g/mol. The van der Waals surface area contributed by atoms with E-state index >= 15 is 0 Å². The highest BCUT2D eigenvalue weighted by Gasteiger charge is 2.56. The minimum Gasteiger partial charge on any atom is -0.378 e. The van der Waals surface area contributed by atoms with Crippen molar-refractivity contribution in [3.05, 3.63) is 0 Å². The Balaban J connectivity index is 2.04. The molecule has 4 nitrogen and oxygen atoms in total. The quantitative estimate of drug-likeness (QED) is 0.809. The maximum atomic E-state index is 11.1. The van der Waals surface area contributed by atoms with E-state index in [0.29, 0.717) is 24.1 Å². The van der Waals surface area contributed by atoms with Crippen LogP contribution >= 0.6 is 0 Å². The SMILES string of the molecule is CCOC1CC(N(C)CC(N)=O)C12CCCCC2. The average Bonchev–Trinajstić information content (AvgIpc) is 2.34. The summed E-state index contributed by atoms with van der Waals surface area (Å²) >= 11 is 0. The molecule has 2 N–H and O–H groups in total. The van der Waals surface area contributed by atoms with E-state index in [2.05, 4.69) is 11.8 Å². The summed E-state index contributed by atoms with van der Waals surface area (Å²) in [5, 5.41) is 0. The lowest BCUT2D eigenvalue weighted by Crippen LogP contribution is -2.65. The molecule has 2 rings (SSSR count). The van der Waals surface area contributed by atoms with Crippen LogP contribution in [-0.4, -0.2) is 43.2 Å². The molecule has 2 fully saturated rings. The summed E-state index contributed by atoms with van der Waals surface area (Å²) in [6.45, 7) is 3.22. The Kier molecular flexibility index (Phi) is 4.28. The molecule has 2 unspecified atom stereocenters. The van der Waals surface area contributed by atoms with Crippen molar-refractivity contribution < 1.29 is 9.53 Å². The normalized spacial score (nSPS) is 30.4. The third-order valence-corrected chi connectivity index (χ3v) is 4.83. The molecule has 0 saturated heterocycles. The second-order valence-corrected chi connectivity index (χ2v) is 5.87. The van der Waals surface area contributed by atoms with Gasteiger partial charge in [-0.3, -0.25) is 9.69 Å². The number of hydrogen-bond acceptors (Lipinski definition) is 3. The molecule has 0 aromatic rings. The van der Waals surface area contributed by atoms with Gasteiger partial charge in [-0.15, -0.1) is 0 Å². The van der Waals surface area contributed by atoms with Gasteiger partial charge in [-0.1, -0.05) is 19.3 Å². The summed E-state index contributed by atoms with van der Waals surface area (Å²) in [7, 11) is 2.02. The number of carbonyl (C=O) groups excluding carboxylic acids is 1. The smallest absolute Gasteiger partial charge is 0.231 e. The van der Waals surface area contributed by atoms with Crippen LogP contribution < -0.4 is 5.73 Å². The number of rotatable bonds is 5. The Labute approximate surface area is 110 Å². The van der Waals surface area contributed by atoms with Crippen LogP contribution in [0.25, 0.3) is 0 Å². The molecule has 2 aliphatic rings. The molecule has 1 amide bonds. The van der Waals surface area contributed by atoms with E-state index in [4.69, 9.17) is 10.5 Å². The first kappa shape index (κ1) is 13.8. The highest BCUT2D eigenvalue weighted by molar-refractivity contribution is 5.75. The zero-order chi connectivity index (χ0) is 13.2. The van der Waals surface area contributed by atoms with Gasteiger partial charge in [0.2, 0.25) is 5.91 Å². The third kappa shape index (κ3) is 2.41. The number of nitrogens with two attached hydrogens (primary N) is 1. The summed E-state index contributed by atoms with van der Waals surface area (Å²) in [5.74, 6) is -0.233. The molecule has 104 valence electrons. The van der Waals surface area contributed by atoms with Crippen molar-refractivity contribution in [2.75, 3.05) is 20.2 Å². The van der Waals surface area contributed by atoms with Gasteiger partial charge in [0.1, 0.15) is 0 Å². The van der Waals surface area contributed by atoms with E-state index < -0.39 is 0 Å². The highest BCUT2D eigenvalue weighted by atomic mass is 16.5. The van der Waals surface area contributed by atoms with Gasteiger partial charge < -0.3 is 10.5 Å². The van der Waals surface area contributed by atoms with Gasteiger partial charge >= 0.3 is 0 Å². The molecule has 18 heavy (non-hydrogen) atoms. The van der Waals surface area contributed by atoms with Crippen molar-refractivity contribution in [1.82, 2.24) is 4.90 Å². The van der Waals surface area contributed by atoms with Gasteiger partial charge in [-0.2, -0.15) is 0 Å². The Morgan fingerprint density at radius 1 is 1.39 bits per heavy atom. The maximum Gasteiger partial charge on any atom is 0.231 e. The van der Waals surface area contributed by atoms with Gasteiger partial charge in [0.15, 0.2) is 0 Å². The van der Waals surface area contributed by atoms with E-state index in [1.807, 2.05) is 7.05 Å². The highest BCUT2D eigenvalue weighted by Crippen LogP contribution is 2.54. The number of amides is 1. The molecule has 0 aromatic heterocycles. The molecule has 2 atom stereocenters. The van der Waals surface area contributed by atoms with Crippen molar-refractivity contribution in [3.8, 4) is 0 Å². The molecular weight excluding hydrogens is 228 g/mol.